The molecule has 0 bridgehead atoms. The minimum Gasteiger partial charge on any atom is -0.338 e. The second-order valence-electron chi connectivity index (χ2n) is 8.90. The van der Waals surface area contributed by atoms with Crippen molar-refractivity contribution < 1.29 is 9.59 Å². The Morgan fingerprint density at radius 3 is 2.73 bits per heavy atom. The Kier molecular flexibility index (Phi) is 5.66. The van der Waals surface area contributed by atoms with Gasteiger partial charge in [-0.25, -0.2) is 9.97 Å². The van der Waals surface area contributed by atoms with Crippen molar-refractivity contribution in [3.05, 3.63) is 70.4 Å². The maximum absolute atomic E-state index is 12.9. The van der Waals surface area contributed by atoms with Gasteiger partial charge < -0.3 is 4.90 Å². The number of carbonyl (C=O) groups is 2. The number of aromatic amines is 1. The van der Waals surface area contributed by atoms with Gasteiger partial charge in [0.05, 0.1) is 11.8 Å². The molecular weight excluding hydrogens is 416 g/mol. The van der Waals surface area contributed by atoms with E-state index >= 15 is 0 Å². The first-order valence-electron chi connectivity index (χ1n) is 11.5. The van der Waals surface area contributed by atoms with Crippen LogP contribution in [0.3, 0.4) is 0 Å². The third kappa shape index (κ3) is 4.13. The van der Waals surface area contributed by atoms with Crippen molar-refractivity contribution in [3.63, 3.8) is 0 Å². The Bertz CT molecular complexity index is 1190. The van der Waals surface area contributed by atoms with Gasteiger partial charge in [0.25, 0.3) is 5.91 Å². The number of H-pyrrole nitrogens is 1. The minimum atomic E-state index is -0.0157. The molecule has 1 aromatic carbocycles. The normalized spacial score (nSPS) is 18.0. The zero-order valence-electron chi connectivity index (χ0n) is 19.0. The number of aromatic nitrogens is 4. The van der Waals surface area contributed by atoms with Crippen LogP contribution < -0.4 is 4.90 Å². The van der Waals surface area contributed by atoms with E-state index in [1.807, 2.05) is 41.8 Å². The quantitative estimate of drug-likeness (QED) is 0.653. The fraction of sp³-hybridized carbons (Fsp3) is 0.400. The van der Waals surface area contributed by atoms with Crippen molar-refractivity contribution in [1.82, 2.24) is 25.1 Å². The van der Waals surface area contributed by atoms with E-state index in [4.69, 9.17) is 9.97 Å². The standard InChI is InChI=1S/C25H28N6O2/c1-16-20-8-9-22(32)31(13-10-18-6-4-3-5-7-18)24(20)28-23(27-16)19-11-12-30(15-19)25(33)21-14-26-29-17(21)2/h3-7,14,19H,8-13,15H2,1-2H3,(H,26,29). The van der Waals surface area contributed by atoms with Crippen LogP contribution in [0.2, 0.25) is 0 Å². The first-order valence-corrected chi connectivity index (χ1v) is 11.5. The molecule has 1 unspecified atom stereocenters. The van der Waals surface area contributed by atoms with Crippen LogP contribution in [0.1, 0.15) is 57.5 Å². The van der Waals surface area contributed by atoms with Crippen molar-refractivity contribution in [2.75, 3.05) is 24.5 Å². The van der Waals surface area contributed by atoms with Gasteiger partial charge in [0.2, 0.25) is 5.91 Å². The van der Waals surface area contributed by atoms with E-state index < -0.39 is 0 Å². The molecule has 33 heavy (non-hydrogen) atoms. The van der Waals surface area contributed by atoms with Gasteiger partial charge in [-0.05, 0) is 38.7 Å². The molecule has 0 spiro atoms. The summed E-state index contributed by atoms with van der Waals surface area (Å²) in [7, 11) is 0. The highest BCUT2D eigenvalue weighted by atomic mass is 16.2. The van der Waals surface area contributed by atoms with Crippen LogP contribution in [-0.2, 0) is 17.6 Å². The summed E-state index contributed by atoms with van der Waals surface area (Å²) in [6, 6.07) is 10.2. The minimum absolute atomic E-state index is 0.0157. The fourth-order valence-corrected chi connectivity index (χ4v) is 4.79. The first-order chi connectivity index (χ1) is 16.0. The molecule has 2 aromatic heterocycles. The molecule has 1 atom stereocenters. The molecule has 1 N–H and O–H groups in total. The highest BCUT2D eigenvalue weighted by Crippen LogP contribution is 2.32. The van der Waals surface area contributed by atoms with Crippen molar-refractivity contribution in [3.8, 4) is 0 Å². The lowest BCUT2D eigenvalue weighted by Gasteiger charge is -2.30. The summed E-state index contributed by atoms with van der Waals surface area (Å²) in [5.74, 6) is 1.63. The maximum Gasteiger partial charge on any atom is 0.257 e. The lowest BCUT2D eigenvalue weighted by atomic mass is 10.0. The van der Waals surface area contributed by atoms with E-state index in [1.54, 1.807) is 6.20 Å². The Balaban J connectivity index is 1.37. The number of hydrogen-bond donors (Lipinski definition) is 1. The Morgan fingerprint density at radius 2 is 1.97 bits per heavy atom. The molecule has 170 valence electrons. The smallest absolute Gasteiger partial charge is 0.257 e. The van der Waals surface area contributed by atoms with Gasteiger partial charge in [-0.3, -0.25) is 19.6 Å². The van der Waals surface area contributed by atoms with Crippen LogP contribution >= 0.6 is 0 Å². The molecule has 1 saturated heterocycles. The number of hydrogen-bond acceptors (Lipinski definition) is 5. The monoisotopic (exact) mass is 444 g/mol. The van der Waals surface area contributed by atoms with Gasteiger partial charge in [-0.2, -0.15) is 5.10 Å². The molecular formula is C25H28N6O2. The van der Waals surface area contributed by atoms with E-state index in [9.17, 15) is 9.59 Å². The predicted octanol–water partition coefficient (Wildman–Crippen LogP) is 2.97. The summed E-state index contributed by atoms with van der Waals surface area (Å²) < 4.78 is 0. The number of aryl methyl sites for hydroxylation is 2. The number of anilines is 1. The first kappa shape index (κ1) is 21.3. The zero-order valence-corrected chi connectivity index (χ0v) is 19.0. The van der Waals surface area contributed by atoms with E-state index in [0.717, 1.165) is 41.4 Å². The number of amides is 2. The zero-order chi connectivity index (χ0) is 22.9. The molecule has 3 aromatic rings. The predicted molar refractivity (Wildman–Crippen MR) is 124 cm³/mol. The average Bonchev–Trinajstić information content (AvgIpc) is 3.48. The summed E-state index contributed by atoms with van der Waals surface area (Å²) in [5, 5.41) is 6.80. The number of fused-ring (bicyclic) bond motifs is 1. The van der Waals surface area contributed by atoms with Crippen LogP contribution in [0.4, 0.5) is 5.82 Å². The van der Waals surface area contributed by atoms with Gasteiger partial charge in [-0.15, -0.1) is 0 Å². The van der Waals surface area contributed by atoms with Crippen LogP contribution in [0.25, 0.3) is 0 Å². The molecule has 8 nitrogen and oxygen atoms in total. The average molecular weight is 445 g/mol. The molecule has 5 rings (SSSR count). The molecule has 0 saturated carbocycles. The highest BCUT2D eigenvalue weighted by molar-refractivity contribution is 5.96. The molecule has 2 aliphatic rings. The van der Waals surface area contributed by atoms with Crippen molar-refractivity contribution >= 4 is 17.6 Å². The number of likely N-dealkylation sites (tertiary alicyclic amines) is 1. The lowest BCUT2D eigenvalue weighted by molar-refractivity contribution is -0.118. The summed E-state index contributed by atoms with van der Waals surface area (Å²) >= 11 is 0. The fourth-order valence-electron chi connectivity index (χ4n) is 4.79. The van der Waals surface area contributed by atoms with Gasteiger partial charge >= 0.3 is 0 Å². The molecule has 8 heteroatoms. The summed E-state index contributed by atoms with van der Waals surface area (Å²) in [4.78, 5) is 39.1. The van der Waals surface area contributed by atoms with E-state index in [-0.39, 0.29) is 17.7 Å². The Morgan fingerprint density at radius 1 is 1.15 bits per heavy atom. The van der Waals surface area contributed by atoms with E-state index in [0.29, 0.717) is 38.0 Å². The van der Waals surface area contributed by atoms with Gasteiger partial charge in [0.15, 0.2) is 0 Å². The highest BCUT2D eigenvalue weighted by Gasteiger charge is 2.33. The van der Waals surface area contributed by atoms with Gasteiger partial charge in [0, 0.05) is 48.9 Å². The molecule has 4 heterocycles. The number of rotatable bonds is 5. The van der Waals surface area contributed by atoms with Crippen LogP contribution in [0.15, 0.2) is 36.5 Å². The number of nitrogens with zero attached hydrogens (tertiary/aromatic N) is 5. The number of nitrogens with one attached hydrogen (secondary N) is 1. The molecule has 0 aliphatic carbocycles. The SMILES string of the molecule is Cc1nc(C2CCN(C(=O)c3cn[nH]c3C)C2)nc2c1CCC(=O)N2CCc1ccccc1. The third-order valence-electron chi connectivity index (χ3n) is 6.72. The molecule has 0 radical (unpaired) electrons. The molecule has 1 fully saturated rings. The van der Waals surface area contributed by atoms with Crippen LogP contribution in [-0.4, -0.2) is 56.5 Å². The second kappa shape index (κ2) is 8.77. The van der Waals surface area contributed by atoms with Crippen LogP contribution in [0.5, 0.6) is 0 Å². The van der Waals surface area contributed by atoms with Gasteiger partial charge in [-0.1, -0.05) is 30.3 Å². The maximum atomic E-state index is 12.9. The van der Waals surface area contributed by atoms with Crippen LogP contribution in [0, 0.1) is 13.8 Å². The lowest BCUT2D eigenvalue weighted by Crippen LogP contribution is -2.38. The topological polar surface area (TPSA) is 95.1 Å². The van der Waals surface area contributed by atoms with Crippen molar-refractivity contribution in [1.29, 1.82) is 0 Å². The van der Waals surface area contributed by atoms with Crippen molar-refractivity contribution in [2.24, 2.45) is 0 Å². The second-order valence-corrected chi connectivity index (χ2v) is 8.90. The number of benzene rings is 1. The van der Waals surface area contributed by atoms with E-state index in [1.165, 1.54) is 5.56 Å². The number of carbonyl (C=O) groups excluding carboxylic acids is 2. The van der Waals surface area contributed by atoms with E-state index in [2.05, 4.69) is 22.3 Å². The Labute approximate surface area is 193 Å². The van der Waals surface area contributed by atoms with Gasteiger partial charge in [0.1, 0.15) is 11.6 Å². The summed E-state index contributed by atoms with van der Waals surface area (Å²) in [6.45, 7) is 5.68. The summed E-state index contributed by atoms with van der Waals surface area (Å²) in [6.07, 6.45) is 4.33. The largest absolute Gasteiger partial charge is 0.338 e. The summed E-state index contributed by atoms with van der Waals surface area (Å²) in [5.41, 5.74) is 4.57. The molecule has 2 aliphatic heterocycles. The molecule has 2 amide bonds. The Hall–Kier alpha value is -3.55. The van der Waals surface area contributed by atoms with Crippen molar-refractivity contribution in [2.45, 2.75) is 45.4 Å². The third-order valence-corrected chi connectivity index (χ3v) is 6.72.